The van der Waals surface area contributed by atoms with Crippen molar-refractivity contribution in [2.24, 2.45) is 7.05 Å². The lowest BCUT2D eigenvalue weighted by Crippen LogP contribution is -2.39. The van der Waals surface area contributed by atoms with Gasteiger partial charge in [0.1, 0.15) is 0 Å². The van der Waals surface area contributed by atoms with Gasteiger partial charge in [-0.2, -0.15) is 5.10 Å². The lowest BCUT2D eigenvalue weighted by atomic mass is 10.1. The average Bonchev–Trinajstić information content (AvgIpc) is 2.59. The van der Waals surface area contributed by atoms with Crippen LogP contribution >= 0.6 is 0 Å². The minimum absolute atomic E-state index is 0.0372. The predicted molar refractivity (Wildman–Crippen MR) is 89.6 cm³/mol. The van der Waals surface area contributed by atoms with Gasteiger partial charge in [-0.15, -0.1) is 0 Å². The third kappa shape index (κ3) is 3.42. The monoisotopic (exact) mass is 314 g/mol. The van der Waals surface area contributed by atoms with Crippen LogP contribution in [-0.4, -0.2) is 46.8 Å². The van der Waals surface area contributed by atoms with E-state index in [1.807, 2.05) is 12.1 Å². The zero-order valence-electron chi connectivity index (χ0n) is 13.4. The molecule has 1 aromatic carbocycles. The van der Waals surface area contributed by atoms with E-state index in [2.05, 4.69) is 15.3 Å². The number of carbonyl (C=O) groups is 1. The molecule has 1 aromatic heterocycles. The number of rotatable bonds is 4. The number of hydrogen-bond donors (Lipinski definition) is 1. The summed E-state index contributed by atoms with van der Waals surface area (Å²) in [5, 5.41) is 7.49. The first-order valence-corrected chi connectivity index (χ1v) is 8.13. The van der Waals surface area contributed by atoms with E-state index in [0.29, 0.717) is 11.9 Å². The van der Waals surface area contributed by atoms with E-state index in [-0.39, 0.29) is 11.1 Å². The Hall–Kier alpha value is -2.21. The summed E-state index contributed by atoms with van der Waals surface area (Å²) in [5.74, 6) is -0.395. The lowest BCUT2D eigenvalue weighted by molar-refractivity contribution is 0.0938. The lowest BCUT2D eigenvalue weighted by Gasteiger charge is -2.26. The minimum atomic E-state index is -0.395. The van der Waals surface area contributed by atoms with Crippen molar-refractivity contribution < 1.29 is 4.79 Å². The van der Waals surface area contributed by atoms with Gasteiger partial charge in [0.25, 0.3) is 5.91 Å². The Labute approximate surface area is 135 Å². The molecular weight excluding hydrogens is 292 g/mol. The summed E-state index contributed by atoms with van der Waals surface area (Å²) in [6.45, 7) is 3.54. The van der Waals surface area contributed by atoms with Gasteiger partial charge in [0.15, 0.2) is 5.69 Å². The summed E-state index contributed by atoms with van der Waals surface area (Å²) < 4.78 is 1.58. The number of aromatic nitrogens is 2. The Morgan fingerprint density at radius 3 is 2.74 bits per heavy atom. The highest BCUT2D eigenvalue weighted by atomic mass is 16.2. The van der Waals surface area contributed by atoms with Crippen LogP contribution in [0.3, 0.4) is 0 Å². The fourth-order valence-electron chi connectivity index (χ4n) is 3.07. The minimum Gasteiger partial charge on any atom is -0.349 e. The maximum Gasteiger partial charge on any atom is 0.275 e. The quantitative estimate of drug-likeness (QED) is 0.919. The Bertz CT molecular complexity index is 763. The molecule has 0 radical (unpaired) electrons. The molecule has 6 nitrogen and oxygen atoms in total. The van der Waals surface area contributed by atoms with Crippen molar-refractivity contribution in [3.05, 3.63) is 40.2 Å². The van der Waals surface area contributed by atoms with E-state index in [9.17, 15) is 9.59 Å². The average molecular weight is 314 g/mol. The predicted octanol–water partition coefficient (Wildman–Crippen LogP) is 1.15. The summed E-state index contributed by atoms with van der Waals surface area (Å²) in [7, 11) is 1.74. The standard InChI is InChI=1S/C17H22N4O2/c1-20-14-8-4-3-7-13(14)16(22)15(19-20)17(23)18-9-12-21-10-5-2-6-11-21/h3-4,7-8H,2,5-6,9-12H2,1H3,(H,18,23). The van der Waals surface area contributed by atoms with Crippen LogP contribution in [0.1, 0.15) is 29.8 Å². The van der Waals surface area contributed by atoms with Gasteiger partial charge in [-0.3, -0.25) is 14.3 Å². The fraction of sp³-hybridized carbons (Fsp3) is 0.471. The van der Waals surface area contributed by atoms with Crippen LogP contribution in [-0.2, 0) is 7.05 Å². The van der Waals surface area contributed by atoms with E-state index in [4.69, 9.17) is 0 Å². The number of piperidine rings is 1. The smallest absolute Gasteiger partial charge is 0.275 e. The van der Waals surface area contributed by atoms with E-state index in [1.165, 1.54) is 19.3 Å². The summed E-state index contributed by atoms with van der Waals surface area (Å²) in [5.41, 5.74) is 0.376. The maximum atomic E-state index is 12.4. The Kier molecular flexibility index (Phi) is 4.71. The molecule has 1 amide bonds. The summed E-state index contributed by atoms with van der Waals surface area (Å²) in [6, 6.07) is 7.19. The second-order valence-corrected chi connectivity index (χ2v) is 5.98. The summed E-state index contributed by atoms with van der Waals surface area (Å²) >= 11 is 0. The summed E-state index contributed by atoms with van der Waals surface area (Å²) in [4.78, 5) is 27.1. The van der Waals surface area contributed by atoms with Crippen LogP contribution in [0, 0.1) is 0 Å². The van der Waals surface area contributed by atoms with Crippen molar-refractivity contribution in [3.63, 3.8) is 0 Å². The van der Waals surface area contributed by atoms with Gasteiger partial charge in [0.2, 0.25) is 5.43 Å². The van der Waals surface area contributed by atoms with Crippen molar-refractivity contribution >= 4 is 16.8 Å². The number of fused-ring (bicyclic) bond motifs is 1. The van der Waals surface area contributed by atoms with Gasteiger partial charge in [-0.1, -0.05) is 18.6 Å². The number of hydrogen-bond acceptors (Lipinski definition) is 4. The normalized spacial score (nSPS) is 15.7. The topological polar surface area (TPSA) is 67.2 Å². The molecule has 1 N–H and O–H groups in total. The molecule has 0 atom stereocenters. The van der Waals surface area contributed by atoms with Crippen molar-refractivity contribution in [1.29, 1.82) is 0 Å². The molecule has 6 heteroatoms. The first-order chi connectivity index (χ1) is 11.2. The van der Waals surface area contributed by atoms with E-state index < -0.39 is 5.91 Å². The number of nitrogens with one attached hydrogen (secondary N) is 1. The fourth-order valence-corrected chi connectivity index (χ4v) is 3.07. The van der Waals surface area contributed by atoms with Crippen LogP contribution in [0.2, 0.25) is 0 Å². The molecule has 1 aliphatic rings. The number of likely N-dealkylation sites (tertiary alicyclic amines) is 1. The molecule has 1 saturated heterocycles. The Morgan fingerprint density at radius 2 is 1.96 bits per heavy atom. The highest BCUT2D eigenvalue weighted by Crippen LogP contribution is 2.08. The maximum absolute atomic E-state index is 12.4. The molecule has 2 heterocycles. The molecule has 0 bridgehead atoms. The van der Waals surface area contributed by atoms with Crippen LogP contribution in [0.15, 0.2) is 29.1 Å². The first-order valence-electron chi connectivity index (χ1n) is 8.13. The molecule has 2 aromatic rings. The van der Waals surface area contributed by atoms with Crippen LogP contribution in [0.25, 0.3) is 10.9 Å². The van der Waals surface area contributed by atoms with Gasteiger partial charge in [0, 0.05) is 25.5 Å². The third-order valence-electron chi connectivity index (χ3n) is 4.34. The molecule has 0 spiro atoms. The third-order valence-corrected chi connectivity index (χ3v) is 4.34. The van der Waals surface area contributed by atoms with Crippen LogP contribution in [0.5, 0.6) is 0 Å². The molecule has 0 aliphatic carbocycles. The van der Waals surface area contributed by atoms with Crippen molar-refractivity contribution in [1.82, 2.24) is 20.0 Å². The van der Waals surface area contributed by atoms with Crippen molar-refractivity contribution in [2.45, 2.75) is 19.3 Å². The van der Waals surface area contributed by atoms with Crippen molar-refractivity contribution in [3.8, 4) is 0 Å². The van der Waals surface area contributed by atoms with Crippen LogP contribution in [0.4, 0.5) is 0 Å². The molecule has 23 heavy (non-hydrogen) atoms. The molecule has 3 rings (SSSR count). The Balaban J connectivity index is 1.71. The molecule has 0 saturated carbocycles. The molecule has 1 fully saturated rings. The second-order valence-electron chi connectivity index (χ2n) is 5.98. The van der Waals surface area contributed by atoms with Gasteiger partial charge in [-0.25, -0.2) is 0 Å². The van der Waals surface area contributed by atoms with Gasteiger partial charge < -0.3 is 10.2 Å². The number of carbonyl (C=O) groups excluding carboxylic acids is 1. The Morgan fingerprint density at radius 1 is 1.22 bits per heavy atom. The zero-order valence-corrected chi connectivity index (χ0v) is 13.4. The second kappa shape index (κ2) is 6.91. The van der Waals surface area contributed by atoms with Crippen LogP contribution < -0.4 is 10.7 Å². The molecular formula is C17H22N4O2. The largest absolute Gasteiger partial charge is 0.349 e. The van der Waals surface area contributed by atoms with E-state index in [0.717, 1.165) is 25.2 Å². The molecule has 1 aliphatic heterocycles. The first kappa shape index (κ1) is 15.7. The van der Waals surface area contributed by atoms with Gasteiger partial charge in [0.05, 0.1) is 5.52 Å². The SMILES string of the molecule is Cn1nc(C(=O)NCCN2CCCCC2)c(=O)c2ccccc21. The summed E-state index contributed by atoms with van der Waals surface area (Å²) in [6.07, 6.45) is 3.74. The number of benzene rings is 1. The molecule has 122 valence electrons. The van der Waals surface area contributed by atoms with Gasteiger partial charge >= 0.3 is 0 Å². The van der Waals surface area contributed by atoms with E-state index >= 15 is 0 Å². The zero-order chi connectivity index (χ0) is 16.2. The highest BCUT2D eigenvalue weighted by molar-refractivity contribution is 5.95. The number of aryl methyl sites for hydroxylation is 1. The number of amides is 1. The molecule has 0 unspecified atom stereocenters. The van der Waals surface area contributed by atoms with E-state index in [1.54, 1.807) is 23.9 Å². The number of nitrogens with zero attached hydrogens (tertiary/aromatic N) is 3. The number of para-hydroxylation sites is 1. The van der Waals surface area contributed by atoms with Crippen molar-refractivity contribution in [2.75, 3.05) is 26.2 Å². The van der Waals surface area contributed by atoms with Gasteiger partial charge in [-0.05, 0) is 38.1 Å². The highest BCUT2D eigenvalue weighted by Gasteiger charge is 2.16.